The molecule has 0 radical (unpaired) electrons. The van der Waals surface area contributed by atoms with Gasteiger partial charge in [-0.15, -0.1) is 0 Å². The van der Waals surface area contributed by atoms with Crippen molar-refractivity contribution < 1.29 is 4.74 Å². The van der Waals surface area contributed by atoms with Gasteiger partial charge in [-0.1, -0.05) is 32.1 Å². The summed E-state index contributed by atoms with van der Waals surface area (Å²) in [4.78, 5) is 4.57. The average molecular weight is 276 g/mol. The van der Waals surface area contributed by atoms with Crippen LogP contribution in [0.25, 0.3) is 0 Å². The summed E-state index contributed by atoms with van der Waals surface area (Å²) < 4.78 is 5.48. The number of aromatic nitrogens is 1. The van der Waals surface area contributed by atoms with Crippen molar-refractivity contribution in [3.05, 3.63) is 23.0 Å². The van der Waals surface area contributed by atoms with Gasteiger partial charge in [0.25, 0.3) is 0 Å². The van der Waals surface area contributed by atoms with Crippen LogP contribution >= 0.6 is 0 Å². The summed E-state index contributed by atoms with van der Waals surface area (Å²) in [6, 6.07) is 0.656. The second-order valence-corrected chi connectivity index (χ2v) is 5.97. The fourth-order valence-corrected chi connectivity index (χ4v) is 3.15. The fraction of sp³-hybridized carbons (Fsp3) is 0.706. The maximum absolute atomic E-state index is 5.48. The van der Waals surface area contributed by atoms with Crippen molar-refractivity contribution in [1.82, 2.24) is 10.3 Å². The highest BCUT2D eigenvalue weighted by atomic mass is 16.5. The molecule has 1 N–H and O–H groups in total. The Morgan fingerprint density at radius 1 is 1.15 bits per heavy atom. The molecule has 0 aliphatic heterocycles. The number of aryl methyl sites for hydroxylation is 1. The highest BCUT2D eigenvalue weighted by Gasteiger charge is 2.13. The van der Waals surface area contributed by atoms with Gasteiger partial charge in [0.15, 0.2) is 0 Å². The van der Waals surface area contributed by atoms with E-state index in [1.54, 1.807) is 7.11 Å². The molecule has 1 aliphatic carbocycles. The first-order valence-electron chi connectivity index (χ1n) is 7.95. The van der Waals surface area contributed by atoms with Crippen LogP contribution < -0.4 is 10.1 Å². The minimum absolute atomic E-state index is 0.656. The van der Waals surface area contributed by atoms with Gasteiger partial charge in [0.05, 0.1) is 12.8 Å². The van der Waals surface area contributed by atoms with E-state index < -0.39 is 0 Å². The van der Waals surface area contributed by atoms with E-state index in [0.29, 0.717) is 6.04 Å². The molecule has 1 saturated carbocycles. The molecule has 0 atom stereocenters. The van der Waals surface area contributed by atoms with Gasteiger partial charge in [-0.05, 0) is 26.7 Å². The Morgan fingerprint density at radius 3 is 2.45 bits per heavy atom. The number of ether oxygens (including phenoxy) is 1. The van der Waals surface area contributed by atoms with E-state index in [4.69, 9.17) is 4.74 Å². The Labute approximate surface area is 123 Å². The third-order valence-electron chi connectivity index (χ3n) is 4.41. The Morgan fingerprint density at radius 2 is 1.80 bits per heavy atom. The summed E-state index contributed by atoms with van der Waals surface area (Å²) in [6.45, 7) is 5.01. The highest BCUT2D eigenvalue weighted by Crippen LogP contribution is 2.24. The molecule has 3 heteroatoms. The van der Waals surface area contributed by atoms with E-state index in [1.807, 2.05) is 13.1 Å². The number of hydrogen-bond donors (Lipinski definition) is 1. The monoisotopic (exact) mass is 276 g/mol. The number of nitrogens with one attached hydrogen (secondary N) is 1. The van der Waals surface area contributed by atoms with Gasteiger partial charge in [-0.25, -0.2) is 0 Å². The maximum atomic E-state index is 5.48. The molecule has 1 fully saturated rings. The molecule has 1 aliphatic rings. The van der Waals surface area contributed by atoms with Gasteiger partial charge in [-0.2, -0.15) is 0 Å². The molecular weight excluding hydrogens is 248 g/mol. The molecule has 20 heavy (non-hydrogen) atoms. The van der Waals surface area contributed by atoms with Gasteiger partial charge in [-0.3, -0.25) is 4.98 Å². The molecule has 112 valence electrons. The molecule has 0 saturated heterocycles. The van der Waals surface area contributed by atoms with Crippen molar-refractivity contribution in [2.45, 2.75) is 71.4 Å². The standard InChI is InChI=1S/C17H28N2O/c1-13-11-19-16(14(2)17(13)20-3)12-18-15-9-7-5-4-6-8-10-15/h11,15,18H,4-10,12H2,1-3H3. The SMILES string of the molecule is COc1c(C)cnc(CNC2CCCCCCC2)c1C. The molecule has 0 aromatic carbocycles. The van der Waals surface area contributed by atoms with Crippen molar-refractivity contribution in [3.8, 4) is 5.75 Å². The first-order chi connectivity index (χ1) is 9.72. The Hall–Kier alpha value is -1.09. The van der Waals surface area contributed by atoms with Gasteiger partial charge in [0.1, 0.15) is 5.75 Å². The van der Waals surface area contributed by atoms with E-state index >= 15 is 0 Å². The van der Waals surface area contributed by atoms with E-state index in [2.05, 4.69) is 17.2 Å². The lowest BCUT2D eigenvalue weighted by Crippen LogP contribution is -2.30. The Bertz CT molecular complexity index is 423. The van der Waals surface area contributed by atoms with Crippen molar-refractivity contribution in [1.29, 1.82) is 0 Å². The number of methoxy groups -OCH3 is 1. The summed E-state index contributed by atoms with van der Waals surface area (Å²) in [5.41, 5.74) is 3.40. The quantitative estimate of drug-likeness (QED) is 0.905. The van der Waals surface area contributed by atoms with Gasteiger partial charge >= 0.3 is 0 Å². The molecule has 1 aromatic rings. The molecular formula is C17H28N2O. The molecule has 1 heterocycles. The number of pyridine rings is 1. The fourth-order valence-electron chi connectivity index (χ4n) is 3.15. The zero-order valence-electron chi connectivity index (χ0n) is 13.2. The number of rotatable bonds is 4. The van der Waals surface area contributed by atoms with Crippen LogP contribution in [-0.2, 0) is 6.54 Å². The zero-order valence-corrected chi connectivity index (χ0v) is 13.2. The van der Waals surface area contributed by atoms with Crippen molar-refractivity contribution in [3.63, 3.8) is 0 Å². The maximum Gasteiger partial charge on any atom is 0.128 e. The summed E-state index contributed by atoms with van der Waals surface area (Å²) in [5.74, 6) is 0.981. The Kier molecular flexibility index (Phi) is 5.84. The molecule has 0 unspecified atom stereocenters. The molecule has 1 aromatic heterocycles. The first-order valence-corrected chi connectivity index (χ1v) is 7.95. The number of nitrogens with zero attached hydrogens (tertiary/aromatic N) is 1. The van der Waals surface area contributed by atoms with Crippen LogP contribution in [0.5, 0.6) is 5.75 Å². The largest absolute Gasteiger partial charge is 0.496 e. The second kappa shape index (κ2) is 7.63. The van der Waals surface area contributed by atoms with E-state index in [9.17, 15) is 0 Å². The van der Waals surface area contributed by atoms with Crippen LogP contribution in [0.1, 0.15) is 61.8 Å². The van der Waals surface area contributed by atoms with E-state index in [1.165, 1.54) is 50.5 Å². The second-order valence-electron chi connectivity index (χ2n) is 5.97. The lowest BCUT2D eigenvalue weighted by molar-refractivity contribution is 0.384. The van der Waals surface area contributed by atoms with Crippen LogP contribution in [0.2, 0.25) is 0 Å². The van der Waals surface area contributed by atoms with Crippen molar-refractivity contribution >= 4 is 0 Å². The van der Waals surface area contributed by atoms with Crippen molar-refractivity contribution in [2.24, 2.45) is 0 Å². The van der Waals surface area contributed by atoms with Crippen LogP contribution in [0.15, 0.2) is 6.20 Å². The molecule has 0 spiro atoms. The van der Waals surface area contributed by atoms with Gasteiger partial charge in [0.2, 0.25) is 0 Å². The van der Waals surface area contributed by atoms with Crippen LogP contribution in [0.3, 0.4) is 0 Å². The zero-order chi connectivity index (χ0) is 14.4. The summed E-state index contributed by atoms with van der Waals surface area (Å²) in [7, 11) is 1.74. The lowest BCUT2D eigenvalue weighted by atomic mass is 9.96. The Balaban J connectivity index is 1.96. The summed E-state index contributed by atoms with van der Waals surface area (Å²) >= 11 is 0. The normalized spacial score (nSPS) is 17.6. The third-order valence-corrected chi connectivity index (χ3v) is 4.41. The van der Waals surface area contributed by atoms with E-state index in [-0.39, 0.29) is 0 Å². The molecule has 0 bridgehead atoms. The number of hydrogen-bond acceptors (Lipinski definition) is 3. The van der Waals surface area contributed by atoms with Gasteiger partial charge < -0.3 is 10.1 Å². The minimum Gasteiger partial charge on any atom is -0.496 e. The van der Waals surface area contributed by atoms with E-state index in [0.717, 1.165) is 23.6 Å². The predicted octanol–water partition coefficient (Wildman–Crippen LogP) is 3.91. The van der Waals surface area contributed by atoms with Crippen molar-refractivity contribution in [2.75, 3.05) is 7.11 Å². The average Bonchev–Trinajstić information content (AvgIpc) is 2.40. The summed E-state index contributed by atoms with van der Waals surface area (Å²) in [6.07, 6.45) is 11.5. The first kappa shape index (κ1) is 15.3. The van der Waals surface area contributed by atoms with Crippen LogP contribution in [-0.4, -0.2) is 18.1 Å². The smallest absolute Gasteiger partial charge is 0.128 e. The molecule has 2 rings (SSSR count). The third kappa shape index (κ3) is 3.95. The van der Waals surface area contributed by atoms with Gasteiger partial charge in [0, 0.05) is 29.9 Å². The van der Waals surface area contributed by atoms with Crippen LogP contribution in [0, 0.1) is 13.8 Å². The minimum atomic E-state index is 0.656. The predicted molar refractivity (Wildman–Crippen MR) is 83.2 cm³/mol. The molecule has 0 amide bonds. The highest BCUT2D eigenvalue weighted by molar-refractivity contribution is 5.40. The topological polar surface area (TPSA) is 34.1 Å². The lowest BCUT2D eigenvalue weighted by Gasteiger charge is -2.21. The van der Waals surface area contributed by atoms with Crippen LogP contribution in [0.4, 0.5) is 0 Å². The summed E-state index contributed by atoms with van der Waals surface area (Å²) in [5, 5.41) is 3.70. The molecule has 3 nitrogen and oxygen atoms in total.